The van der Waals surface area contributed by atoms with Gasteiger partial charge in [0, 0.05) is 29.3 Å². The molecular formula is C24H23N5OS. The van der Waals surface area contributed by atoms with Gasteiger partial charge in [0.15, 0.2) is 11.0 Å². The van der Waals surface area contributed by atoms with Gasteiger partial charge in [0.2, 0.25) is 5.91 Å². The van der Waals surface area contributed by atoms with Gasteiger partial charge in [-0.1, -0.05) is 48.2 Å². The van der Waals surface area contributed by atoms with Gasteiger partial charge in [-0.05, 0) is 56.2 Å². The summed E-state index contributed by atoms with van der Waals surface area (Å²) in [5.41, 5.74) is 4.73. The molecule has 1 atom stereocenters. The number of aryl methyl sites for hydroxylation is 2. The highest BCUT2D eigenvalue weighted by atomic mass is 32.2. The zero-order valence-corrected chi connectivity index (χ0v) is 18.4. The van der Waals surface area contributed by atoms with Gasteiger partial charge in [-0.25, -0.2) is 0 Å². The first-order chi connectivity index (χ1) is 15.0. The van der Waals surface area contributed by atoms with Crippen LogP contribution in [-0.2, 0) is 4.79 Å². The molecular weight excluding hydrogens is 406 g/mol. The largest absolute Gasteiger partial charge is 0.325 e. The smallest absolute Gasteiger partial charge is 0.237 e. The normalized spacial score (nSPS) is 11.8. The Balaban J connectivity index is 1.64. The van der Waals surface area contributed by atoms with Crippen LogP contribution in [0.15, 0.2) is 78.2 Å². The second kappa shape index (κ2) is 9.14. The molecule has 0 spiro atoms. The molecule has 1 amide bonds. The number of amides is 1. The van der Waals surface area contributed by atoms with Crippen molar-refractivity contribution in [2.45, 2.75) is 31.2 Å². The van der Waals surface area contributed by atoms with Gasteiger partial charge in [0.1, 0.15) is 0 Å². The maximum Gasteiger partial charge on any atom is 0.237 e. The maximum absolute atomic E-state index is 12.9. The Morgan fingerprint density at radius 1 is 0.968 bits per heavy atom. The zero-order valence-electron chi connectivity index (χ0n) is 17.6. The molecule has 0 fully saturated rings. The molecule has 0 radical (unpaired) electrons. The number of pyridine rings is 1. The number of nitrogens with zero attached hydrogens (tertiary/aromatic N) is 4. The van der Waals surface area contributed by atoms with Crippen LogP contribution >= 0.6 is 11.8 Å². The van der Waals surface area contributed by atoms with Crippen molar-refractivity contribution in [2.75, 3.05) is 5.32 Å². The fourth-order valence-electron chi connectivity index (χ4n) is 3.29. The van der Waals surface area contributed by atoms with E-state index in [9.17, 15) is 4.79 Å². The molecule has 1 N–H and O–H groups in total. The van der Waals surface area contributed by atoms with E-state index in [1.807, 2.05) is 86.0 Å². The second-order valence-corrected chi connectivity index (χ2v) is 8.54. The van der Waals surface area contributed by atoms with E-state index in [-0.39, 0.29) is 11.2 Å². The summed E-state index contributed by atoms with van der Waals surface area (Å²) in [5, 5.41) is 12.2. The molecule has 0 bridgehead atoms. The summed E-state index contributed by atoms with van der Waals surface area (Å²) in [6.07, 6.45) is 3.48. The summed E-state index contributed by atoms with van der Waals surface area (Å²) in [4.78, 5) is 17.2. The first-order valence-electron chi connectivity index (χ1n) is 9.99. The van der Waals surface area contributed by atoms with E-state index in [4.69, 9.17) is 0 Å². The Bertz CT molecular complexity index is 1170. The van der Waals surface area contributed by atoms with Gasteiger partial charge in [-0.3, -0.25) is 14.3 Å². The highest BCUT2D eigenvalue weighted by Crippen LogP contribution is 2.30. The minimum absolute atomic E-state index is 0.0760. The molecule has 4 aromatic rings. The minimum atomic E-state index is -0.368. The maximum atomic E-state index is 12.9. The van der Waals surface area contributed by atoms with Gasteiger partial charge >= 0.3 is 0 Å². The van der Waals surface area contributed by atoms with E-state index < -0.39 is 0 Å². The molecule has 0 aliphatic heterocycles. The number of aromatic nitrogens is 4. The van der Waals surface area contributed by atoms with Crippen LogP contribution in [0.5, 0.6) is 0 Å². The fourth-order valence-corrected chi connectivity index (χ4v) is 4.15. The summed E-state index contributed by atoms with van der Waals surface area (Å²) in [6.45, 7) is 5.86. The summed E-state index contributed by atoms with van der Waals surface area (Å²) in [6, 6.07) is 19.7. The van der Waals surface area contributed by atoms with Crippen molar-refractivity contribution < 1.29 is 4.79 Å². The number of thioether (sulfide) groups is 1. The minimum Gasteiger partial charge on any atom is -0.325 e. The average molecular weight is 430 g/mol. The van der Waals surface area contributed by atoms with E-state index in [0.29, 0.717) is 11.0 Å². The van der Waals surface area contributed by atoms with E-state index in [1.165, 1.54) is 11.8 Å². The number of nitrogens with one attached hydrogen (secondary N) is 1. The van der Waals surface area contributed by atoms with Crippen molar-refractivity contribution in [1.29, 1.82) is 0 Å². The molecule has 0 aliphatic carbocycles. The van der Waals surface area contributed by atoms with Crippen LogP contribution in [0.2, 0.25) is 0 Å². The Kier molecular flexibility index (Phi) is 6.13. The number of carbonyl (C=O) groups excluding carboxylic acids is 1. The van der Waals surface area contributed by atoms with Gasteiger partial charge in [-0.15, -0.1) is 10.2 Å². The zero-order chi connectivity index (χ0) is 21.8. The Morgan fingerprint density at radius 3 is 2.39 bits per heavy atom. The molecule has 6 nitrogen and oxygen atoms in total. The third-order valence-electron chi connectivity index (χ3n) is 4.95. The third kappa shape index (κ3) is 4.51. The van der Waals surface area contributed by atoms with Crippen LogP contribution in [0.1, 0.15) is 18.1 Å². The van der Waals surface area contributed by atoms with Gasteiger partial charge in [-0.2, -0.15) is 0 Å². The number of hydrogen-bond acceptors (Lipinski definition) is 5. The second-order valence-electron chi connectivity index (χ2n) is 7.23. The average Bonchev–Trinajstić information content (AvgIpc) is 3.21. The van der Waals surface area contributed by atoms with E-state index in [2.05, 4.69) is 20.5 Å². The number of carbonyl (C=O) groups is 1. The standard InChI is InChI=1S/C24H23N5OS/c1-16-9-7-10-17(2)21(16)26-23(30)18(3)31-24-28-27-22(19-11-8-14-25-15-19)29(24)20-12-5-4-6-13-20/h4-15,18H,1-3H3,(H,26,30). The van der Waals surface area contributed by atoms with Crippen molar-refractivity contribution >= 4 is 23.4 Å². The summed E-state index contributed by atoms with van der Waals surface area (Å²) >= 11 is 1.38. The number of rotatable bonds is 6. The molecule has 2 aromatic carbocycles. The first-order valence-corrected chi connectivity index (χ1v) is 10.9. The lowest BCUT2D eigenvalue weighted by Gasteiger charge is -2.16. The Morgan fingerprint density at radius 2 is 1.71 bits per heavy atom. The van der Waals surface area contributed by atoms with Crippen LogP contribution in [0, 0.1) is 13.8 Å². The van der Waals surface area contributed by atoms with E-state index >= 15 is 0 Å². The summed E-state index contributed by atoms with van der Waals surface area (Å²) in [7, 11) is 0. The molecule has 4 rings (SSSR count). The highest BCUT2D eigenvalue weighted by Gasteiger charge is 2.22. The van der Waals surface area contributed by atoms with Crippen molar-refractivity contribution in [3.05, 3.63) is 84.2 Å². The third-order valence-corrected chi connectivity index (χ3v) is 5.99. The quantitative estimate of drug-likeness (QED) is 0.434. The molecule has 2 heterocycles. The first kappa shape index (κ1) is 20.8. The molecule has 2 aromatic heterocycles. The predicted octanol–water partition coefficient (Wildman–Crippen LogP) is 5.07. The lowest BCUT2D eigenvalue weighted by molar-refractivity contribution is -0.115. The van der Waals surface area contributed by atoms with Crippen LogP contribution in [0.25, 0.3) is 17.1 Å². The number of anilines is 1. The molecule has 0 saturated heterocycles. The van der Waals surface area contributed by atoms with Crippen LogP contribution < -0.4 is 5.32 Å². The van der Waals surface area contributed by atoms with Crippen LogP contribution in [-0.4, -0.2) is 30.9 Å². The fraction of sp³-hybridized carbons (Fsp3) is 0.167. The highest BCUT2D eigenvalue weighted by molar-refractivity contribution is 8.00. The monoisotopic (exact) mass is 429 g/mol. The molecule has 156 valence electrons. The van der Waals surface area contributed by atoms with Crippen molar-refractivity contribution in [3.8, 4) is 17.1 Å². The SMILES string of the molecule is Cc1cccc(C)c1NC(=O)C(C)Sc1nnc(-c2cccnc2)n1-c1ccccc1. The number of hydrogen-bond donors (Lipinski definition) is 1. The van der Waals surface area contributed by atoms with Crippen LogP contribution in [0.4, 0.5) is 5.69 Å². The van der Waals surface area contributed by atoms with Crippen LogP contribution in [0.3, 0.4) is 0 Å². The summed E-state index contributed by atoms with van der Waals surface area (Å²) < 4.78 is 1.96. The number of benzene rings is 2. The Labute approximate surface area is 185 Å². The van der Waals surface area contributed by atoms with E-state index in [0.717, 1.165) is 28.1 Å². The molecule has 0 aliphatic rings. The lowest BCUT2D eigenvalue weighted by atomic mass is 10.1. The van der Waals surface area contributed by atoms with Crippen molar-refractivity contribution in [2.24, 2.45) is 0 Å². The van der Waals surface area contributed by atoms with Gasteiger partial charge < -0.3 is 5.32 Å². The van der Waals surface area contributed by atoms with Gasteiger partial charge in [0.25, 0.3) is 0 Å². The van der Waals surface area contributed by atoms with Crippen molar-refractivity contribution in [3.63, 3.8) is 0 Å². The summed E-state index contributed by atoms with van der Waals surface area (Å²) in [5.74, 6) is 0.608. The van der Waals surface area contributed by atoms with E-state index in [1.54, 1.807) is 12.4 Å². The van der Waals surface area contributed by atoms with Gasteiger partial charge in [0.05, 0.1) is 5.25 Å². The molecule has 1 unspecified atom stereocenters. The topological polar surface area (TPSA) is 72.7 Å². The predicted molar refractivity (Wildman–Crippen MR) is 124 cm³/mol. The lowest BCUT2D eigenvalue weighted by Crippen LogP contribution is -2.23. The molecule has 31 heavy (non-hydrogen) atoms. The molecule has 0 saturated carbocycles. The van der Waals surface area contributed by atoms with Crippen molar-refractivity contribution in [1.82, 2.24) is 19.7 Å². The number of para-hydroxylation sites is 2. The Hall–Kier alpha value is -3.45. The molecule has 7 heteroatoms.